The monoisotopic (exact) mass is 341 g/mol. The number of hydrogen-bond acceptors (Lipinski definition) is 6. The van der Waals surface area contributed by atoms with Crippen LogP contribution in [0.25, 0.3) is 0 Å². The van der Waals surface area contributed by atoms with Crippen LogP contribution >= 0.6 is 22.9 Å². The van der Waals surface area contributed by atoms with Crippen LogP contribution in [-0.2, 0) is 14.8 Å². The average Bonchev–Trinajstić information content (AvgIpc) is 2.72. The fourth-order valence-electron chi connectivity index (χ4n) is 1.25. The summed E-state index contributed by atoms with van der Waals surface area (Å²) in [4.78, 5) is 21.0. The predicted molar refractivity (Wildman–Crippen MR) is 74.5 cm³/mol. The molecule has 1 aromatic heterocycles. The molecule has 0 aliphatic heterocycles. The van der Waals surface area contributed by atoms with Crippen molar-refractivity contribution in [3.05, 3.63) is 20.5 Å². The first kappa shape index (κ1) is 16.8. The van der Waals surface area contributed by atoms with Crippen molar-refractivity contribution >= 4 is 44.6 Å². The van der Waals surface area contributed by atoms with Gasteiger partial charge >= 0.3 is 0 Å². The molecule has 0 radical (unpaired) electrons. The molecule has 0 bridgehead atoms. The van der Waals surface area contributed by atoms with Gasteiger partial charge in [-0.15, -0.1) is 11.3 Å². The maximum Gasteiger partial charge on any atom is 0.300 e. The molecule has 0 unspecified atom stereocenters. The quantitative estimate of drug-likeness (QED) is 0.569. The van der Waals surface area contributed by atoms with Gasteiger partial charge in [0.25, 0.3) is 5.69 Å². The van der Waals surface area contributed by atoms with Crippen LogP contribution in [0.15, 0.2) is 10.3 Å². The normalized spacial score (nSPS) is 11.3. The third-order valence-corrected chi connectivity index (χ3v) is 5.40. The molecule has 0 saturated heterocycles. The number of nitro groups is 1. The van der Waals surface area contributed by atoms with E-state index >= 15 is 0 Å². The number of nitrogens with zero attached hydrogens (tertiary/aromatic N) is 1. The van der Waals surface area contributed by atoms with Crippen molar-refractivity contribution in [1.82, 2.24) is 10.0 Å². The number of halogens is 1. The maximum atomic E-state index is 11.8. The molecule has 0 atom stereocenters. The van der Waals surface area contributed by atoms with Gasteiger partial charge in [0.2, 0.25) is 15.9 Å². The third kappa shape index (κ3) is 4.40. The van der Waals surface area contributed by atoms with Crippen LogP contribution in [0.1, 0.15) is 13.3 Å². The smallest absolute Gasteiger partial charge is 0.300 e. The van der Waals surface area contributed by atoms with Gasteiger partial charge in [-0.2, -0.15) is 0 Å². The van der Waals surface area contributed by atoms with Gasteiger partial charge in [-0.25, -0.2) is 13.1 Å². The second-order valence-electron chi connectivity index (χ2n) is 3.58. The van der Waals surface area contributed by atoms with Gasteiger partial charge in [0.05, 0.1) is 4.92 Å². The Hall–Kier alpha value is -1.23. The summed E-state index contributed by atoms with van der Waals surface area (Å²) in [5.41, 5.74) is -0.458. The van der Waals surface area contributed by atoms with Crippen molar-refractivity contribution in [1.29, 1.82) is 0 Å². The van der Waals surface area contributed by atoms with Crippen LogP contribution in [-0.4, -0.2) is 32.3 Å². The molecule has 0 saturated carbocycles. The highest BCUT2D eigenvalue weighted by Crippen LogP contribution is 2.35. The van der Waals surface area contributed by atoms with Gasteiger partial charge < -0.3 is 5.32 Å². The minimum Gasteiger partial charge on any atom is -0.356 e. The molecule has 0 aliphatic carbocycles. The SMILES string of the molecule is CCNC(=O)CCNS(=O)(=O)c1cc([N+](=O)[O-])c(Cl)s1. The number of hydrogen-bond donors (Lipinski definition) is 2. The van der Waals surface area contributed by atoms with Crippen molar-refractivity contribution in [2.75, 3.05) is 13.1 Å². The van der Waals surface area contributed by atoms with E-state index in [2.05, 4.69) is 10.0 Å². The number of carbonyl (C=O) groups is 1. The standard InChI is InChI=1S/C9H12ClN3O5S2/c1-2-11-7(14)3-4-12-20(17,18)8-5-6(13(15)16)9(10)19-8/h5,12H,2-4H2,1H3,(H,11,14). The Kier molecular flexibility index (Phi) is 5.87. The van der Waals surface area contributed by atoms with Crippen LogP contribution in [0, 0.1) is 10.1 Å². The van der Waals surface area contributed by atoms with E-state index in [9.17, 15) is 23.3 Å². The van der Waals surface area contributed by atoms with E-state index in [-0.39, 0.29) is 27.4 Å². The molecule has 1 heterocycles. The van der Waals surface area contributed by atoms with E-state index in [0.29, 0.717) is 17.9 Å². The van der Waals surface area contributed by atoms with Crippen LogP contribution in [0.3, 0.4) is 0 Å². The van der Waals surface area contributed by atoms with Crippen molar-refractivity contribution < 1.29 is 18.1 Å². The lowest BCUT2D eigenvalue weighted by Gasteiger charge is -2.04. The number of rotatable bonds is 7. The van der Waals surface area contributed by atoms with Gasteiger partial charge in [0, 0.05) is 25.6 Å². The first-order valence-electron chi connectivity index (χ1n) is 5.48. The summed E-state index contributed by atoms with van der Waals surface area (Å²) >= 11 is 6.18. The Balaban J connectivity index is 2.72. The van der Waals surface area contributed by atoms with E-state index in [0.717, 1.165) is 6.07 Å². The number of carbonyl (C=O) groups excluding carboxylic acids is 1. The summed E-state index contributed by atoms with van der Waals surface area (Å²) in [5, 5.41) is 13.1. The second kappa shape index (κ2) is 6.97. The van der Waals surface area contributed by atoms with E-state index < -0.39 is 20.6 Å². The van der Waals surface area contributed by atoms with Gasteiger partial charge in [-0.05, 0) is 6.92 Å². The molecule has 0 fully saturated rings. The van der Waals surface area contributed by atoms with Crippen molar-refractivity contribution in [3.8, 4) is 0 Å². The molecular formula is C9H12ClN3O5S2. The van der Waals surface area contributed by atoms with Gasteiger partial charge in [0.15, 0.2) is 4.34 Å². The van der Waals surface area contributed by atoms with E-state index in [1.54, 1.807) is 6.92 Å². The number of nitrogens with one attached hydrogen (secondary N) is 2. The third-order valence-electron chi connectivity index (χ3n) is 2.13. The summed E-state index contributed by atoms with van der Waals surface area (Å²) < 4.78 is 25.4. The lowest BCUT2D eigenvalue weighted by Crippen LogP contribution is -2.30. The van der Waals surface area contributed by atoms with Gasteiger partial charge in [-0.3, -0.25) is 14.9 Å². The molecule has 20 heavy (non-hydrogen) atoms. The summed E-state index contributed by atoms with van der Waals surface area (Å²) in [7, 11) is -3.91. The number of thiophene rings is 1. The van der Waals surface area contributed by atoms with Crippen LogP contribution < -0.4 is 10.0 Å². The molecule has 8 nitrogen and oxygen atoms in total. The molecule has 1 amide bonds. The minimum absolute atomic E-state index is 0.0196. The Labute approximate surface area is 124 Å². The lowest BCUT2D eigenvalue weighted by atomic mass is 10.4. The predicted octanol–water partition coefficient (Wildman–Crippen LogP) is 1.11. The van der Waals surface area contributed by atoms with Gasteiger partial charge in [0.1, 0.15) is 4.21 Å². The zero-order valence-corrected chi connectivity index (χ0v) is 12.8. The van der Waals surface area contributed by atoms with E-state index in [1.807, 2.05) is 0 Å². The fourth-order valence-corrected chi connectivity index (χ4v) is 3.99. The van der Waals surface area contributed by atoms with Crippen molar-refractivity contribution in [2.45, 2.75) is 17.6 Å². The Bertz CT molecular complexity index is 613. The Morgan fingerprint density at radius 1 is 1.55 bits per heavy atom. The zero-order chi connectivity index (χ0) is 15.3. The van der Waals surface area contributed by atoms with Gasteiger partial charge in [-0.1, -0.05) is 11.6 Å². The highest BCUT2D eigenvalue weighted by Gasteiger charge is 2.25. The van der Waals surface area contributed by atoms with Crippen LogP contribution in [0.4, 0.5) is 5.69 Å². The first-order chi connectivity index (χ1) is 9.27. The van der Waals surface area contributed by atoms with Crippen molar-refractivity contribution in [2.24, 2.45) is 0 Å². The molecule has 0 aromatic carbocycles. The first-order valence-corrected chi connectivity index (χ1v) is 8.15. The molecule has 11 heteroatoms. The average molecular weight is 342 g/mol. The molecule has 112 valence electrons. The molecular weight excluding hydrogens is 330 g/mol. The van der Waals surface area contributed by atoms with Crippen LogP contribution in [0.5, 0.6) is 0 Å². The van der Waals surface area contributed by atoms with E-state index in [1.165, 1.54) is 0 Å². The van der Waals surface area contributed by atoms with Crippen molar-refractivity contribution in [3.63, 3.8) is 0 Å². The summed E-state index contributed by atoms with van der Waals surface area (Å²) in [6.07, 6.45) is -0.0196. The number of sulfonamides is 1. The fraction of sp³-hybridized carbons (Fsp3) is 0.444. The highest BCUT2D eigenvalue weighted by molar-refractivity contribution is 7.91. The molecule has 0 aliphatic rings. The maximum absolute atomic E-state index is 11.8. The summed E-state index contributed by atoms with van der Waals surface area (Å²) in [6, 6.07) is 0.890. The molecule has 1 aromatic rings. The highest BCUT2D eigenvalue weighted by atomic mass is 35.5. The topological polar surface area (TPSA) is 118 Å². The second-order valence-corrected chi connectivity index (χ2v) is 7.23. The summed E-state index contributed by atoms with van der Waals surface area (Å²) in [5.74, 6) is -0.287. The number of amides is 1. The van der Waals surface area contributed by atoms with Crippen LogP contribution in [0.2, 0.25) is 4.34 Å². The molecule has 0 spiro atoms. The minimum atomic E-state index is -3.91. The summed E-state index contributed by atoms with van der Waals surface area (Å²) in [6.45, 7) is 2.10. The molecule has 2 N–H and O–H groups in total. The van der Waals surface area contributed by atoms with E-state index in [4.69, 9.17) is 11.6 Å². The Morgan fingerprint density at radius 2 is 2.20 bits per heavy atom. The molecule has 1 rings (SSSR count). The lowest BCUT2D eigenvalue weighted by molar-refractivity contribution is -0.384. The zero-order valence-electron chi connectivity index (χ0n) is 10.4. The largest absolute Gasteiger partial charge is 0.356 e. The Morgan fingerprint density at radius 3 is 2.70 bits per heavy atom.